The van der Waals surface area contributed by atoms with Crippen LogP contribution in [0.5, 0.6) is 0 Å². The number of halogens is 6. The number of carbonyl (C=O) groups excluding carboxylic acids is 2. The fraction of sp³-hybridized carbons (Fsp3) is 0.818. The minimum absolute atomic E-state index is 0.0666. The molecular formula is C11H13BrF5NO2. The van der Waals surface area contributed by atoms with Gasteiger partial charge >= 0.3 is 18.0 Å². The average Bonchev–Trinajstić information content (AvgIpc) is 2.37. The number of hydrogen-bond acceptors (Lipinski definition) is 2. The Balaban J connectivity index is 2.96. The molecule has 0 bridgehead atoms. The first-order chi connectivity index (χ1) is 9.07. The molecule has 0 spiro atoms. The molecule has 116 valence electrons. The van der Waals surface area contributed by atoms with Gasteiger partial charge in [0, 0.05) is 0 Å². The molecule has 0 radical (unpaired) electrons. The summed E-state index contributed by atoms with van der Waals surface area (Å²) in [6.07, 6.45) is -4.14. The van der Waals surface area contributed by atoms with E-state index in [0.717, 1.165) is 6.42 Å². The number of Topliss-reactive ketones (excluding diaryl/α,β-unsaturated/α-hetero) is 1. The van der Waals surface area contributed by atoms with Gasteiger partial charge < -0.3 is 5.32 Å². The van der Waals surface area contributed by atoms with E-state index in [2.05, 4.69) is 15.9 Å². The molecule has 1 saturated carbocycles. The van der Waals surface area contributed by atoms with Gasteiger partial charge in [0.1, 0.15) is 0 Å². The number of amides is 1. The number of nitrogens with one attached hydrogen (secondary N) is 1. The van der Waals surface area contributed by atoms with Crippen molar-refractivity contribution >= 4 is 27.6 Å². The molecule has 9 heteroatoms. The second-order valence-electron chi connectivity index (χ2n) is 4.73. The molecule has 0 aromatic rings. The quantitative estimate of drug-likeness (QED) is 0.614. The average molecular weight is 366 g/mol. The zero-order valence-corrected chi connectivity index (χ0v) is 11.9. The van der Waals surface area contributed by atoms with Crippen LogP contribution in [0.3, 0.4) is 0 Å². The Kier molecular flexibility index (Phi) is 5.15. The summed E-state index contributed by atoms with van der Waals surface area (Å²) < 4.78 is 62.3. The number of rotatable bonds is 4. The molecule has 0 atom stereocenters. The smallest absolute Gasteiger partial charge is 0.338 e. The lowest BCUT2D eigenvalue weighted by molar-refractivity contribution is -0.270. The van der Waals surface area contributed by atoms with E-state index in [0.29, 0.717) is 12.8 Å². The third kappa shape index (κ3) is 3.29. The van der Waals surface area contributed by atoms with E-state index in [9.17, 15) is 31.5 Å². The van der Waals surface area contributed by atoms with E-state index in [1.165, 1.54) is 0 Å². The summed E-state index contributed by atoms with van der Waals surface area (Å²) in [7, 11) is 0. The molecule has 1 aliphatic carbocycles. The predicted molar refractivity (Wildman–Crippen MR) is 63.8 cm³/mol. The summed E-state index contributed by atoms with van der Waals surface area (Å²) in [6.45, 7) is 0. The fourth-order valence-corrected chi connectivity index (χ4v) is 2.72. The molecule has 3 nitrogen and oxygen atoms in total. The Hall–Kier alpha value is -0.730. The summed E-state index contributed by atoms with van der Waals surface area (Å²) in [5.41, 5.74) is -1.63. The highest BCUT2D eigenvalue weighted by molar-refractivity contribution is 9.09. The van der Waals surface area contributed by atoms with Gasteiger partial charge in [-0.15, -0.1) is 0 Å². The summed E-state index contributed by atoms with van der Waals surface area (Å²) in [6, 6.07) is 0. The van der Waals surface area contributed by atoms with Crippen LogP contribution in [0.1, 0.15) is 32.1 Å². The first-order valence-electron chi connectivity index (χ1n) is 5.93. The fourth-order valence-electron chi connectivity index (χ4n) is 2.18. The molecular weight excluding hydrogens is 353 g/mol. The van der Waals surface area contributed by atoms with Crippen molar-refractivity contribution < 1.29 is 31.5 Å². The third-order valence-corrected chi connectivity index (χ3v) is 3.87. The van der Waals surface area contributed by atoms with Gasteiger partial charge in [-0.2, -0.15) is 22.0 Å². The van der Waals surface area contributed by atoms with Crippen molar-refractivity contribution in [3.8, 4) is 0 Å². The zero-order valence-electron chi connectivity index (χ0n) is 10.3. The lowest BCUT2D eigenvalue weighted by atomic mass is 9.78. The highest BCUT2D eigenvalue weighted by atomic mass is 79.9. The Morgan fingerprint density at radius 2 is 1.55 bits per heavy atom. The van der Waals surface area contributed by atoms with E-state index < -0.39 is 29.3 Å². The summed E-state index contributed by atoms with van der Waals surface area (Å²) in [5.74, 6) is -8.57. The van der Waals surface area contributed by atoms with Crippen LogP contribution < -0.4 is 5.32 Å². The monoisotopic (exact) mass is 365 g/mol. The topological polar surface area (TPSA) is 46.2 Å². The van der Waals surface area contributed by atoms with Gasteiger partial charge in [0.25, 0.3) is 0 Å². The van der Waals surface area contributed by atoms with Crippen molar-refractivity contribution in [2.24, 2.45) is 0 Å². The van der Waals surface area contributed by atoms with Gasteiger partial charge in [-0.3, -0.25) is 9.59 Å². The van der Waals surface area contributed by atoms with Crippen molar-refractivity contribution in [2.75, 3.05) is 5.33 Å². The molecule has 20 heavy (non-hydrogen) atoms. The van der Waals surface area contributed by atoms with Crippen molar-refractivity contribution in [3.63, 3.8) is 0 Å². The van der Waals surface area contributed by atoms with Crippen LogP contribution in [0.2, 0.25) is 0 Å². The minimum Gasteiger partial charge on any atom is -0.338 e. The molecule has 1 rings (SSSR count). The van der Waals surface area contributed by atoms with Crippen LogP contribution in [0.15, 0.2) is 0 Å². The molecule has 1 aliphatic rings. The SMILES string of the molecule is O=C(CBr)C1(NC(=O)C(F)(F)C(F)(F)F)CCCCC1. The van der Waals surface area contributed by atoms with Crippen molar-refractivity contribution in [3.05, 3.63) is 0 Å². The van der Waals surface area contributed by atoms with Crippen molar-refractivity contribution in [1.29, 1.82) is 0 Å². The lowest BCUT2D eigenvalue weighted by Crippen LogP contribution is -2.62. The van der Waals surface area contributed by atoms with Crippen molar-refractivity contribution in [1.82, 2.24) is 5.32 Å². The van der Waals surface area contributed by atoms with Gasteiger partial charge in [-0.1, -0.05) is 35.2 Å². The second kappa shape index (κ2) is 5.95. The standard InChI is InChI=1S/C11H13BrF5NO2/c12-6-7(19)9(4-2-1-3-5-9)18-8(20)10(13,14)11(15,16)17/h1-6H2,(H,18,20). The molecule has 0 aromatic heterocycles. The summed E-state index contributed by atoms with van der Waals surface area (Å²) in [4.78, 5) is 23.1. The Labute approximate surface area is 120 Å². The third-order valence-electron chi connectivity index (χ3n) is 3.36. The maximum Gasteiger partial charge on any atom is 0.463 e. The van der Waals surface area contributed by atoms with E-state index in [-0.39, 0.29) is 18.2 Å². The Bertz CT molecular complexity index is 391. The highest BCUT2D eigenvalue weighted by Gasteiger charge is 2.64. The number of hydrogen-bond donors (Lipinski definition) is 1. The maximum absolute atomic E-state index is 13.0. The lowest BCUT2D eigenvalue weighted by Gasteiger charge is -2.37. The molecule has 0 aliphatic heterocycles. The first-order valence-corrected chi connectivity index (χ1v) is 7.05. The molecule has 0 aromatic carbocycles. The normalized spacial score (nSPS) is 19.5. The van der Waals surface area contributed by atoms with Crippen LogP contribution in [0, 0.1) is 0 Å². The second-order valence-corrected chi connectivity index (χ2v) is 5.29. The molecule has 1 fully saturated rings. The summed E-state index contributed by atoms with van der Waals surface area (Å²) in [5, 5.41) is 1.42. The molecule has 1 amide bonds. The van der Waals surface area contributed by atoms with E-state index >= 15 is 0 Å². The van der Waals surface area contributed by atoms with Gasteiger partial charge in [-0.05, 0) is 12.8 Å². The molecule has 1 N–H and O–H groups in total. The van der Waals surface area contributed by atoms with Crippen LogP contribution in [0.25, 0.3) is 0 Å². The van der Waals surface area contributed by atoms with Gasteiger partial charge in [0.05, 0.1) is 10.9 Å². The van der Waals surface area contributed by atoms with Gasteiger partial charge in [-0.25, -0.2) is 0 Å². The van der Waals surface area contributed by atoms with Crippen molar-refractivity contribution in [2.45, 2.75) is 49.7 Å². The molecule has 0 unspecified atom stereocenters. The van der Waals surface area contributed by atoms with Gasteiger partial charge in [0.2, 0.25) is 0 Å². The van der Waals surface area contributed by atoms with Crippen LogP contribution in [-0.2, 0) is 9.59 Å². The Morgan fingerprint density at radius 3 is 1.95 bits per heavy atom. The van der Waals surface area contributed by atoms with E-state index in [1.807, 2.05) is 0 Å². The number of alkyl halides is 6. The zero-order chi connectivity index (χ0) is 15.6. The first kappa shape index (κ1) is 17.3. The van der Waals surface area contributed by atoms with Crippen LogP contribution in [0.4, 0.5) is 22.0 Å². The highest BCUT2D eigenvalue weighted by Crippen LogP contribution is 2.37. The van der Waals surface area contributed by atoms with Gasteiger partial charge in [0.15, 0.2) is 5.78 Å². The van der Waals surface area contributed by atoms with E-state index in [4.69, 9.17) is 0 Å². The Morgan fingerprint density at radius 1 is 1.05 bits per heavy atom. The number of carbonyl (C=O) groups is 2. The predicted octanol–water partition coefficient (Wildman–Crippen LogP) is 2.97. The molecule has 0 heterocycles. The minimum atomic E-state index is -5.98. The van der Waals surface area contributed by atoms with Crippen LogP contribution in [-0.4, -0.2) is 34.7 Å². The van der Waals surface area contributed by atoms with E-state index in [1.54, 1.807) is 5.32 Å². The largest absolute Gasteiger partial charge is 0.463 e. The molecule has 0 saturated heterocycles. The van der Waals surface area contributed by atoms with Crippen LogP contribution >= 0.6 is 15.9 Å². The summed E-state index contributed by atoms with van der Waals surface area (Å²) >= 11 is 2.85. The maximum atomic E-state index is 13.0. The number of ketones is 1.